The van der Waals surface area contributed by atoms with Crippen LogP contribution in [-0.2, 0) is 16.1 Å². The molecule has 1 fully saturated rings. The van der Waals surface area contributed by atoms with Crippen molar-refractivity contribution in [1.82, 2.24) is 14.8 Å². The highest BCUT2D eigenvalue weighted by Crippen LogP contribution is 2.24. The fourth-order valence-corrected chi connectivity index (χ4v) is 4.82. The summed E-state index contributed by atoms with van der Waals surface area (Å²) in [7, 11) is 0. The van der Waals surface area contributed by atoms with E-state index >= 15 is 0 Å². The van der Waals surface area contributed by atoms with Crippen molar-refractivity contribution in [3.63, 3.8) is 0 Å². The van der Waals surface area contributed by atoms with Gasteiger partial charge < -0.3 is 15.5 Å². The summed E-state index contributed by atoms with van der Waals surface area (Å²) in [6, 6.07) is 10.8. The lowest BCUT2D eigenvalue weighted by Gasteiger charge is -2.40. The molecule has 3 aromatic rings. The van der Waals surface area contributed by atoms with Gasteiger partial charge in [0.05, 0.1) is 9.85 Å². The number of halogens is 1. The van der Waals surface area contributed by atoms with Gasteiger partial charge in [0.2, 0.25) is 11.8 Å². The summed E-state index contributed by atoms with van der Waals surface area (Å²) in [6.45, 7) is 3.39. The number of hydrogen-bond acceptors (Lipinski definition) is 5. The molecule has 0 radical (unpaired) electrons. The molecule has 2 amide bonds. The number of benzene rings is 1. The number of thiophene rings is 1. The van der Waals surface area contributed by atoms with Crippen LogP contribution in [0, 0.1) is 0 Å². The summed E-state index contributed by atoms with van der Waals surface area (Å²) in [4.78, 5) is 34.6. The predicted molar refractivity (Wildman–Crippen MR) is 126 cm³/mol. The zero-order valence-corrected chi connectivity index (χ0v) is 18.7. The first-order valence-electron chi connectivity index (χ1n) is 10.1. The summed E-state index contributed by atoms with van der Waals surface area (Å²) >= 11 is 7.35. The third-order valence-corrected chi connectivity index (χ3v) is 6.65. The third kappa shape index (κ3) is 4.57. The lowest BCUT2D eigenvalue weighted by Crippen LogP contribution is -2.57. The smallest absolute Gasteiger partial charge is 0.247 e. The summed E-state index contributed by atoms with van der Waals surface area (Å²) in [5, 5.41) is 0.901. The van der Waals surface area contributed by atoms with E-state index in [-0.39, 0.29) is 11.8 Å². The Hall–Kier alpha value is -2.90. The molecule has 0 unspecified atom stereocenters. The van der Waals surface area contributed by atoms with E-state index in [1.807, 2.05) is 36.1 Å². The molecule has 1 aromatic carbocycles. The van der Waals surface area contributed by atoms with Crippen molar-refractivity contribution in [3.05, 3.63) is 63.4 Å². The number of nitrogens with zero attached hydrogens (tertiary/aromatic N) is 3. The van der Waals surface area contributed by atoms with Crippen LogP contribution in [0.5, 0.6) is 0 Å². The van der Waals surface area contributed by atoms with E-state index in [9.17, 15) is 9.59 Å². The molecule has 8 heteroatoms. The molecule has 0 bridgehead atoms. The fourth-order valence-electron chi connectivity index (χ4n) is 3.86. The van der Waals surface area contributed by atoms with Gasteiger partial charge in [-0.05, 0) is 42.3 Å². The Balaban J connectivity index is 1.46. The zero-order chi connectivity index (χ0) is 22.0. The van der Waals surface area contributed by atoms with Crippen LogP contribution >= 0.6 is 22.9 Å². The highest BCUT2D eigenvalue weighted by Gasteiger charge is 2.35. The molecule has 4 rings (SSSR count). The number of nitrogen functional groups attached to an aromatic ring is 1. The molecular weight excluding hydrogens is 432 g/mol. The van der Waals surface area contributed by atoms with Gasteiger partial charge in [-0.3, -0.25) is 14.6 Å². The number of amides is 2. The number of piperazine rings is 1. The average Bonchev–Trinajstić information content (AvgIpc) is 3.18. The molecule has 0 spiro atoms. The summed E-state index contributed by atoms with van der Waals surface area (Å²) < 4.78 is 0.675. The average molecular weight is 455 g/mol. The minimum atomic E-state index is -0.466. The number of fused-ring (bicyclic) bond motifs is 1. The van der Waals surface area contributed by atoms with E-state index < -0.39 is 6.04 Å². The fraction of sp³-hybridized carbons (Fsp3) is 0.261. The Morgan fingerprint density at radius 3 is 2.87 bits per heavy atom. The van der Waals surface area contributed by atoms with Crippen LogP contribution < -0.4 is 5.73 Å². The second kappa shape index (κ2) is 9.08. The zero-order valence-electron chi connectivity index (χ0n) is 17.1. The highest BCUT2D eigenvalue weighted by atomic mass is 35.5. The van der Waals surface area contributed by atoms with Crippen molar-refractivity contribution < 1.29 is 9.59 Å². The number of nitrogens with two attached hydrogens (primary N) is 1. The molecule has 1 atom stereocenters. The molecule has 160 valence electrons. The van der Waals surface area contributed by atoms with Gasteiger partial charge in [-0.15, -0.1) is 11.3 Å². The van der Waals surface area contributed by atoms with Crippen molar-refractivity contribution in [1.29, 1.82) is 0 Å². The first-order chi connectivity index (χ1) is 15.0. The summed E-state index contributed by atoms with van der Waals surface area (Å²) in [5.41, 5.74) is 8.48. The first-order valence-corrected chi connectivity index (χ1v) is 11.3. The molecule has 2 aromatic heterocycles. The van der Waals surface area contributed by atoms with E-state index in [1.54, 1.807) is 29.3 Å². The van der Waals surface area contributed by atoms with Gasteiger partial charge in [0.1, 0.15) is 6.04 Å². The second-order valence-electron chi connectivity index (χ2n) is 7.44. The standard InChI is InChI=1S/C23H23ClN4O2S/c1-2-20-23(30)27(14-15-3-6-17-18(25)9-10-26-19(17)13-15)11-12-28(20)22(29)8-5-16-4-7-21(24)31-16/h3-10,13,20H,2,11-12,14H2,1H3,(H2,25,26)/t20-/m0/s1. The number of rotatable bonds is 5. The van der Waals surface area contributed by atoms with E-state index in [2.05, 4.69) is 4.98 Å². The summed E-state index contributed by atoms with van der Waals surface area (Å²) in [6.07, 6.45) is 5.51. The van der Waals surface area contributed by atoms with Crippen LogP contribution in [0.4, 0.5) is 5.69 Å². The van der Waals surface area contributed by atoms with E-state index in [1.165, 1.54) is 17.4 Å². The number of carbonyl (C=O) groups excluding carboxylic acids is 2. The maximum Gasteiger partial charge on any atom is 0.247 e. The molecule has 31 heavy (non-hydrogen) atoms. The normalized spacial score (nSPS) is 17.1. The van der Waals surface area contributed by atoms with Gasteiger partial charge in [-0.2, -0.15) is 0 Å². The van der Waals surface area contributed by atoms with Crippen molar-refractivity contribution >= 4 is 57.4 Å². The van der Waals surface area contributed by atoms with Gasteiger partial charge in [0, 0.05) is 47.9 Å². The Labute approximate surface area is 189 Å². The molecule has 1 aliphatic heterocycles. The lowest BCUT2D eigenvalue weighted by molar-refractivity contribution is -0.149. The molecular formula is C23H23ClN4O2S. The van der Waals surface area contributed by atoms with E-state index in [0.717, 1.165) is 21.3 Å². The summed E-state index contributed by atoms with van der Waals surface area (Å²) in [5.74, 6) is -0.190. The van der Waals surface area contributed by atoms with Gasteiger partial charge >= 0.3 is 0 Å². The molecule has 1 saturated heterocycles. The van der Waals surface area contributed by atoms with Gasteiger partial charge in [0.15, 0.2) is 0 Å². The van der Waals surface area contributed by atoms with E-state index in [0.29, 0.717) is 36.1 Å². The Morgan fingerprint density at radius 1 is 1.29 bits per heavy atom. The van der Waals surface area contributed by atoms with Crippen LogP contribution in [0.15, 0.2) is 48.7 Å². The van der Waals surface area contributed by atoms with Crippen LogP contribution in [0.2, 0.25) is 4.34 Å². The molecule has 0 aliphatic carbocycles. The SMILES string of the molecule is CC[C@H]1C(=O)N(Cc2ccc3c(N)ccnc3c2)CCN1C(=O)C=Cc1ccc(Cl)s1. The van der Waals surface area contributed by atoms with Crippen molar-refractivity contribution in [3.8, 4) is 0 Å². The quantitative estimate of drug-likeness (QED) is 0.586. The van der Waals surface area contributed by atoms with Gasteiger partial charge in [-0.1, -0.05) is 30.7 Å². The number of aromatic nitrogens is 1. The highest BCUT2D eigenvalue weighted by molar-refractivity contribution is 7.17. The minimum Gasteiger partial charge on any atom is -0.398 e. The number of anilines is 1. The Kier molecular flexibility index (Phi) is 6.25. The molecule has 3 heterocycles. The number of pyridine rings is 1. The molecule has 6 nitrogen and oxygen atoms in total. The number of hydrogen-bond donors (Lipinski definition) is 1. The number of carbonyl (C=O) groups is 2. The van der Waals surface area contributed by atoms with E-state index in [4.69, 9.17) is 17.3 Å². The van der Waals surface area contributed by atoms with Crippen molar-refractivity contribution in [2.45, 2.75) is 25.9 Å². The van der Waals surface area contributed by atoms with Crippen LogP contribution in [0.1, 0.15) is 23.8 Å². The van der Waals surface area contributed by atoms with Crippen molar-refractivity contribution in [2.75, 3.05) is 18.8 Å². The maximum atomic E-state index is 13.1. The monoisotopic (exact) mass is 454 g/mol. The van der Waals surface area contributed by atoms with Crippen LogP contribution in [0.25, 0.3) is 17.0 Å². The minimum absolute atomic E-state index is 0.0321. The predicted octanol–water partition coefficient (Wildman–Crippen LogP) is 4.19. The van der Waals surface area contributed by atoms with Gasteiger partial charge in [-0.25, -0.2) is 0 Å². The third-order valence-electron chi connectivity index (χ3n) is 5.45. The maximum absolute atomic E-state index is 13.1. The largest absolute Gasteiger partial charge is 0.398 e. The Bertz CT molecular complexity index is 1160. The Morgan fingerprint density at radius 2 is 2.13 bits per heavy atom. The van der Waals surface area contributed by atoms with Gasteiger partial charge in [0.25, 0.3) is 0 Å². The molecule has 0 saturated carbocycles. The molecule has 1 aliphatic rings. The second-order valence-corrected chi connectivity index (χ2v) is 9.19. The lowest BCUT2D eigenvalue weighted by atomic mass is 10.1. The first kappa shape index (κ1) is 21.3. The molecule has 2 N–H and O–H groups in total. The topological polar surface area (TPSA) is 79.5 Å². The van der Waals surface area contributed by atoms with Crippen LogP contribution in [-0.4, -0.2) is 45.7 Å². The van der Waals surface area contributed by atoms with Crippen molar-refractivity contribution in [2.24, 2.45) is 0 Å². The van der Waals surface area contributed by atoms with Crippen LogP contribution in [0.3, 0.4) is 0 Å².